The summed E-state index contributed by atoms with van der Waals surface area (Å²) < 4.78 is 10.7. The van der Waals surface area contributed by atoms with E-state index in [4.69, 9.17) is 44.3 Å². The largest absolute Gasteiger partial charge is 0.445 e. The molecule has 0 fully saturated rings. The summed E-state index contributed by atoms with van der Waals surface area (Å²) in [5.74, 6) is 0.257. The Labute approximate surface area is 211 Å². The van der Waals surface area contributed by atoms with Gasteiger partial charge < -0.3 is 14.8 Å². The zero-order valence-electron chi connectivity index (χ0n) is 17.3. The van der Waals surface area contributed by atoms with Gasteiger partial charge in [0.2, 0.25) is 0 Å². The molecule has 172 valence electrons. The normalized spacial score (nSPS) is 11.5. The first kappa shape index (κ1) is 25.2. The first-order valence-electron chi connectivity index (χ1n) is 9.87. The molecule has 3 aromatic rings. The van der Waals surface area contributed by atoms with Crippen LogP contribution in [0.4, 0.5) is 4.79 Å². The van der Waals surface area contributed by atoms with Crippen LogP contribution in [0, 0.1) is 0 Å². The summed E-state index contributed by atoms with van der Waals surface area (Å²) >= 11 is 19.5. The number of alkyl carbamates (subject to hydrolysis) is 1. The summed E-state index contributed by atoms with van der Waals surface area (Å²) in [4.78, 5) is 25.2. The van der Waals surface area contributed by atoms with Gasteiger partial charge in [0, 0.05) is 17.6 Å². The van der Waals surface area contributed by atoms with Gasteiger partial charge in [-0.15, -0.1) is 0 Å². The van der Waals surface area contributed by atoms with Crippen molar-refractivity contribution in [1.82, 2.24) is 5.32 Å². The van der Waals surface area contributed by atoms with E-state index in [2.05, 4.69) is 5.32 Å². The SMILES string of the molecule is O=C(NC(CSCc1ccccc1)C(=O)Oc1cc(Cl)c(Cl)cc1Cl)OCc1ccccc1. The molecule has 0 saturated heterocycles. The van der Waals surface area contributed by atoms with Crippen molar-refractivity contribution in [2.75, 3.05) is 5.75 Å². The summed E-state index contributed by atoms with van der Waals surface area (Å²) in [5, 5.41) is 3.13. The number of rotatable bonds is 9. The highest BCUT2D eigenvalue weighted by atomic mass is 35.5. The quantitative estimate of drug-likeness (QED) is 0.190. The van der Waals surface area contributed by atoms with Crippen LogP contribution >= 0.6 is 46.6 Å². The van der Waals surface area contributed by atoms with E-state index >= 15 is 0 Å². The molecular formula is C24H20Cl3NO4S. The van der Waals surface area contributed by atoms with Gasteiger partial charge in [-0.25, -0.2) is 9.59 Å². The minimum atomic E-state index is -0.979. The molecule has 0 aliphatic rings. The van der Waals surface area contributed by atoms with Gasteiger partial charge in [0.05, 0.1) is 15.1 Å². The fourth-order valence-corrected chi connectivity index (χ4v) is 4.28. The number of hydrogen-bond acceptors (Lipinski definition) is 5. The van der Waals surface area contributed by atoms with Crippen molar-refractivity contribution < 1.29 is 19.1 Å². The molecule has 0 aliphatic heterocycles. The van der Waals surface area contributed by atoms with Crippen LogP contribution in [-0.2, 0) is 21.9 Å². The number of carbonyl (C=O) groups excluding carboxylic acids is 2. The molecule has 0 radical (unpaired) electrons. The zero-order valence-corrected chi connectivity index (χ0v) is 20.4. The maximum Gasteiger partial charge on any atom is 0.408 e. The predicted octanol–water partition coefficient (Wildman–Crippen LogP) is 6.78. The lowest BCUT2D eigenvalue weighted by molar-refractivity contribution is -0.136. The number of amides is 1. The predicted molar refractivity (Wildman–Crippen MR) is 133 cm³/mol. The van der Waals surface area contributed by atoms with E-state index in [1.807, 2.05) is 60.7 Å². The molecule has 33 heavy (non-hydrogen) atoms. The number of hydrogen-bond donors (Lipinski definition) is 1. The van der Waals surface area contributed by atoms with Crippen LogP contribution in [0.15, 0.2) is 72.8 Å². The third-order valence-electron chi connectivity index (χ3n) is 4.37. The van der Waals surface area contributed by atoms with Crippen LogP contribution in [0.3, 0.4) is 0 Å². The average molecular weight is 525 g/mol. The van der Waals surface area contributed by atoms with Crippen molar-refractivity contribution in [2.24, 2.45) is 0 Å². The van der Waals surface area contributed by atoms with Crippen LogP contribution in [0.5, 0.6) is 5.75 Å². The van der Waals surface area contributed by atoms with Gasteiger partial charge in [-0.1, -0.05) is 95.5 Å². The standard InChI is InChI=1S/C24H20Cl3NO4S/c25-18-11-20(27)22(12-19(18)26)32-23(29)21(15-33-14-17-9-5-2-6-10-17)28-24(30)31-13-16-7-3-1-4-8-16/h1-12,21H,13-15H2,(H,28,30). The highest BCUT2D eigenvalue weighted by Crippen LogP contribution is 2.34. The molecule has 0 aliphatic carbocycles. The summed E-state index contributed by atoms with van der Waals surface area (Å²) in [6.45, 7) is 0.0736. The van der Waals surface area contributed by atoms with Gasteiger partial charge in [-0.05, 0) is 17.2 Å². The molecule has 0 heterocycles. The number of esters is 1. The van der Waals surface area contributed by atoms with Crippen molar-refractivity contribution in [3.05, 3.63) is 99.0 Å². The molecule has 0 aromatic heterocycles. The second-order valence-electron chi connectivity index (χ2n) is 6.88. The van der Waals surface area contributed by atoms with Gasteiger partial charge in [0.1, 0.15) is 12.6 Å². The number of nitrogens with one attached hydrogen (secondary N) is 1. The molecule has 1 unspecified atom stereocenters. The Balaban J connectivity index is 1.64. The van der Waals surface area contributed by atoms with E-state index in [1.54, 1.807) is 0 Å². The average Bonchev–Trinajstić information content (AvgIpc) is 2.82. The van der Waals surface area contributed by atoms with Crippen molar-refractivity contribution in [2.45, 2.75) is 18.4 Å². The minimum Gasteiger partial charge on any atom is -0.445 e. The van der Waals surface area contributed by atoms with Crippen LogP contribution < -0.4 is 10.1 Å². The number of thioether (sulfide) groups is 1. The number of benzene rings is 3. The molecule has 3 rings (SSSR count). The molecule has 1 atom stereocenters. The fraction of sp³-hybridized carbons (Fsp3) is 0.167. The molecule has 0 saturated carbocycles. The van der Waals surface area contributed by atoms with Crippen LogP contribution in [0.2, 0.25) is 15.1 Å². The second kappa shape index (κ2) is 12.8. The smallest absolute Gasteiger partial charge is 0.408 e. The van der Waals surface area contributed by atoms with E-state index in [0.717, 1.165) is 11.1 Å². The van der Waals surface area contributed by atoms with E-state index < -0.39 is 18.1 Å². The third kappa shape index (κ3) is 8.16. The highest BCUT2D eigenvalue weighted by molar-refractivity contribution is 7.98. The lowest BCUT2D eigenvalue weighted by atomic mass is 10.2. The summed E-state index contributed by atoms with van der Waals surface area (Å²) in [6.07, 6.45) is -0.735. The Hall–Kier alpha value is -2.38. The van der Waals surface area contributed by atoms with E-state index in [9.17, 15) is 9.59 Å². The molecule has 1 amide bonds. The minimum absolute atomic E-state index is 0.0496. The van der Waals surface area contributed by atoms with Crippen molar-refractivity contribution in [3.8, 4) is 5.75 Å². The molecule has 0 bridgehead atoms. The molecule has 1 N–H and O–H groups in total. The lowest BCUT2D eigenvalue weighted by Gasteiger charge is -2.18. The van der Waals surface area contributed by atoms with Gasteiger partial charge in [-0.3, -0.25) is 0 Å². The lowest BCUT2D eigenvalue weighted by Crippen LogP contribution is -2.45. The molecule has 9 heteroatoms. The monoisotopic (exact) mass is 523 g/mol. The Morgan fingerprint density at radius 2 is 1.45 bits per heavy atom. The Morgan fingerprint density at radius 3 is 2.12 bits per heavy atom. The number of carbonyl (C=O) groups is 2. The van der Waals surface area contributed by atoms with E-state index in [-0.39, 0.29) is 33.2 Å². The van der Waals surface area contributed by atoms with Gasteiger partial charge in [0.15, 0.2) is 5.75 Å². The van der Waals surface area contributed by atoms with Crippen LogP contribution in [0.1, 0.15) is 11.1 Å². The maximum absolute atomic E-state index is 12.9. The third-order valence-corrected chi connectivity index (χ3v) is 6.49. The molecule has 0 spiro atoms. The molecule has 5 nitrogen and oxygen atoms in total. The second-order valence-corrected chi connectivity index (χ2v) is 9.13. The first-order valence-corrected chi connectivity index (χ1v) is 12.2. The van der Waals surface area contributed by atoms with Gasteiger partial charge >= 0.3 is 12.1 Å². The van der Waals surface area contributed by atoms with Crippen molar-refractivity contribution >= 4 is 58.6 Å². The first-order chi connectivity index (χ1) is 15.9. The fourth-order valence-electron chi connectivity index (χ4n) is 2.71. The van der Waals surface area contributed by atoms with Gasteiger partial charge in [0.25, 0.3) is 0 Å². The summed E-state index contributed by atoms with van der Waals surface area (Å²) in [5.41, 5.74) is 1.92. The van der Waals surface area contributed by atoms with Crippen molar-refractivity contribution in [3.63, 3.8) is 0 Å². The Kier molecular flexibility index (Phi) is 9.76. The Bertz CT molecular complexity index is 1080. The maximum atomic E-state index is 12.9. The van der Waals surface area contributed by atoms with Crippen molar-refractivity contribution in [1.29, 1.82) is 0 Å². The van der Waals surface area contributed by atoms with Gasteiger partial charge in [-0.2, -0.15) is 11.8 Å². The van der Waals surface area contributed by atoms with E-state index in [0.29, 0.717) is 5.75 Å². The topological polar surface area (TPSA) is 64.6 Å². The van der Waals surface area contributed by atoms with E-state index in [1.165, 1.54) is 23.9 Å². The summed E-state index contributed by atoms with van der Waals surface area (Å²) in [6, 6.07) is 20.8. The molecular weight excluding hydrogens is 505 g/mol. The van der Waals surface area contributed by atoms with Crippen LogP contribution in [0.25, 0.3) is 0 Å². The Morgan fingerprint density at radius 1 is 0.848 bits per heavy atom. The molecule has 3 aromatic carbocycles. The number of ether oxygens (including phenoxy) is 2. The summed E-state index contributed by atoms with van der Waals surface area (Å²) in [7, 11) is 0. The zero-order chi connectivity index (χ0) is 23.6. The highest BCUT2D eigenvalue weighted by Gasteiger charge is 2.25. The number of halogens is 3. The van der Waals surface area contributed by atoms with Crippen LogP contribution in [-0.4, -0.2) is 23.9 Å².